The molecule has 1 aromatic heterocycles. The fourth-order valence-corrected chi connectivity index (χ4v) is 3.42. The van der Waals surface area contributed by atoms with Crippen LogP contribution in [0, 0.1) is 0 Å². The number of para-hydroxylation sites is 1. The van der Waals surface area contributed by atoms with Crippen LogP contribution in [-0.4, -0.2) is 30.1 Å². The van der Waals surface area contributed by atoms with Gasteiger partial charge in [-0.05, 0) is 57.8 Å². The van der Waals surface area contributed by atoms with Crippen LogP contribution in [0.5, 0.6) is 0 Å². The highest BCUT2D eigenvalue weighted by Crippen LogP contribution is 2.24. The normalized spacial score (nSPS) is 16.7. The molecule has 3 rings (SSSR count). The van der Waals surface area contributed by atoms with E-state index in [-0.39, 0.29) is 5.54 Å². The number of hydrogen-bond acceptors (Lipinski definition) is 3. The summed E-state index contributed by atoms with van der Waals surface area (Å²) in [5.41, 5.74) is 2.45. The zero-order valence-electron chi connectivity index (χ0n) is 14.1. The van der Waals surface area contributed by atoms with Crippen LogP contribution < -0.4 is 5.32 Å². The lowest BCUT2D eigenvalue weighted by molar-refractivity contribution is 0.230. The van der Waals surface area contributed by atoms with Crippen molar-refractivity contribution in [1.29, 1.82) is 0 Å². The number of rotatable bonds is 6. The molecule has 2 heterocycles. The lowest BCUT2D eigenvalue weighted by Gasteiger charge is -2.31. The molecule has 1 fully saturated rings. The molecule has 1 aliphatic rings. The largest absolute Gasteiger partial charge is 0.459 e. The van der Waals surface area contributed by atoms with Crippen molar-refractivity contribution in [3.05, 3.63) is 35.6 Å². The van der Waals surface area contributed by atoms with Crippen LogP contribution in [0.25, 0.3) is 11.0 Å². The smallest absolute Gasteiger partial charge is 0.137 e. The summed E-state index contributed by atoms with van der Waals surface area (Å²) in [4.78, 5) is 2.56. The number of likely N-dealkylation sites (tertiary alicyclic amines) is 1. The maximum Gasteiger partial charge on any atom is 0.137 e. The zero-order chi connectivity index (χ0) is 15.6. The van der Waals surface area contributed by atoms with E-state index < -0.39 is 0 Å². The lowest BCUT2D eigenvalue weighted by Crippen LogP contribution is -2.48. The summed E-state index contributed by atoms with van der Waals surface area (Å²) >= 11 is 0. The Balaban J connectivity index is 1.65. The molecule has 0 aliphatic carbocycles. The molecule has 3 nitrogen and oxygen atoms in total. The third kappa shape index (κ3) is 3.53. The Morgan fingerprint density at radius 3 is 2.73 bits per heavy atom. The average Bonchev–Trinajstić information content (AvgIpc) is 3.13. The minimum atomic E-state index is 0.108. The molecular weight excluding hydrogens is 272 g/mol. The molecule has 3 heteroatoms. The van der Waals surface area contributed by atoms with Gasteiger partial charge in [0.2, 0.25) is 0 Å². The molecule has 1 N–H and O–H groups in total. The first-order valence-corrected chi connectivity index (χ1v) is 8.55. The quantitative estimate of drug-likeness (QED) is 0.875. The Morgan fingerprint density at radius 2 is 2.00 bits per heavy atom. The summed E-state index contributed by atoms with van der Waals surface area (Å²) in [5.74, 6) is 1.03. The molecule has 2 aromatic rings. The number of benzene rings is 1. The monoisotopic (exact) mass is 300 g/mol. The predicted octanol–water partition coefficient (Wildman–Crippen LogP) is 3.96. The number of furan rings is 1. The van der Waals surface area contributed by atoms with Gasteiger partial charge in [-0.15, -0.1) is 0 Å². The highest BCUT2D eigenvalue weighted by Gasteiger charge is 2.23. The molecule has 0 amide bonds. The standard InChI is InChI=1S/C19H28N2O/c1-4-15-8-7-9-16-12-17(22-18(15)16)13-20-19(2,3)14-21-10-5-6-11-21/h7-9,12,20H,4-6,10-11,13-14H2,1-3H3. The van der Waals surface area contributed by atoms with Crippen molar-refractivity contribution in [3.8, 4) is 0 Å². The molecule has 22 heavy (non-hydrogen) atoms. The van der Waals surface area contributed by atoms with E-state index in [9.17, 15) is 0 Å². The lowest BCUT2D eigenvalue weighted by atomic mass is 10.0. The van der Waals surface area contributed by atoms with Crippen LogP contribution in [0.3, 0.4) is 0 Å². The molecule has 0 spiro atoms. The van der Waals surface area contributed by atoms with Gasteiger partial charge in [-0.25, -0.2) is 0 Å². The van der Waals surface area contributed by atoms with E-state index in [1.165, 1.54) is 36.9 Å². The predicted molar refractivity (Wildman–Crippen MR) is 92.2 cm³/mol. The number of fused-ring (bicyclic) bond motifs is 1. The third-order valence-corrected chi connectivity index (χ3v) is 4.62. The SMILES string of the molecule is CCc1cccc2cc(CNC(C)(C)CN3CCCC3)oc12. The van der Waals surface area contributed by atoms with Gasteiger partial charge in [0.15, 0.2) is 0 Å². The summed E-state index contributed by atoms with van der Waals surface area (Å²) in [6.45, 7) is 11.1. The minimum Gasteiger partial charge on any atom is -0.459 e. The van der Waals surface area contributed by atoms with Crippen molar-refractivity contribution in [2.24, 2.45) is 0 Å². The number of nitrogens with zero attached hydrogens (tertiary/aromatic N) is 1. The number of nitrogens with one attached hydrogen (secondary N) is 1. The zero-order valence-corrected chi connectivity index (χ0v) is 14.1. The van der Waals surface area contributed by atoms with E-state index >= 15 is 0 Å². The Morgan fingerprint density at radius 1 is 1.23 bits per heavy atom. The Kier molecular flexibility index (Phi) is 4.55. The molecule has 0 radical (unpaired) electrons. The highest BCUT2D eigenvalue weighted by atomic mass is 16.3. The van der Waals surface area contributed by atoms with Crippen molar-refractivity contribution in [1.82, 2.24) is 10.2 Å². The fourth-order valence-electron chi connectivity index (χ4n) is 3.42. The van der Waals surface area contributed by atoms with Gasteiger partial charge in [0.1, 0.15) is 11.3 Å². The fraction of sp³-hybridized carbons (Fsp3) is 0.579. The second-order valence-corrected chi connectivity index (χ2v) is 7.12. The van der Waals surface area contributed by atoms with Crippen molar-refractivity contribution in [2.45, 2.75) is 52.1 Å². The molecule has 1 aliphatic heterocycles. The Hall–Kier alpha value is -1.32. The van der Waals surface area contributed by atoms with Crippen LogP contribution in [0.15, 0.2) is 28.7 Å². The van der Waals surface area contributed by atoms with E-state index in [2.05, 4.69) is 55.3 Å². The second-order valence-electron chi connectivity index (χ2n) is 7.12. The molecule has 1 saturated heterocycles. The van der Waals surface area contributed by atoms with Crippen LogP contribution in [-0.2, 0) is 13.0 Å². The van der Waals surface area contributed by atoms with Gasteiger partial charge in [0.05, 0.1) is 6.54 Å². The molecule has 0 bridgehead atoms. The topological polar surface area (TPSA) is 28.4 Å². The molecule has 0 unspecified atom stereocenters. The first-order chi connectivity index (χ1) is 10.6. The van der Waals surface area contributed by atoms with E-state index in [1.807, 2.05) is 0 Å². The van der Waals surface area contributed by atoms with E-state index in [0.717, 1.165) is 30.9 Å². The van der Waals surface area contributed by atoms with Gasteiger partial charge >= 0.3 is 0 Å². The molecular formula is C19H28N2O. The maximum absolute atomic E-state index is 6.08. The molecule has 0 atom stereocenters. The third-order valence-electron chi connectivity index (χ3n) is 4.62. The van der Waals surface area contributed by atoms with Crippen molar-refractivity contribution < 1.29 is 4.42 Å². The van der Waals surface area contributed by atoms with Gasteiger partial charge in [0.25, 0.3) is 0 Å². The maximum atomic E-state index is 6.08. The Labute approximate surface area is 133 Å². The summed E-state index contributed by atoms with van der Waals surface area (Å²) in [6, 6.07) is 8.58. The van der Waals surface area contributed by atoms with Crippen molar-refractivity contribution >= 4 is 11.0 Å². The summed E-state index contributed by atoms with van der Waals surface area (Å²) in [6.07, 6.45) is 3.71. The van der Waals surface area contributed by atoms with Crippen LogP contribution in [0.1, 0.15) is 44.9 Å². The van der Waals surface area contributed by atoms with Crippen LogP contribution >= 0.6 is 0 Å². The van der Waals surface area contributed by atoms with Gasteiger partial charge in [0, 0.05) is 17.5 Å². The number of aryl methyl sites for hydroxylation is 1. The average molecular weight is 300 g/mol. The second kappa shape index (κ2) is 6.43. The van der Waals surface area contributed by atoms with Crippen molar-refractivity contribution in [2.75, 3.05) is 19.6 Å². The molecule has 1 aromatic carbocycles. The molecule has 0 saturated carbocycles. The van der Waals surface area contributed by atoms with Gasteiger partial charge in [-0.1, -0.05) is 25.1 Å². The first kappa shape index (κ1) is 15.6. The highest BCUT2D eigenvalue weighted by molar-refractivity contribution is 5.81. The van der Waals surface area contributed by atoms with Gasteiger partial charge in [-0.3, -0.25) is 0 Å². The number of hydrogen-bond donors (Lipinski definition) is 1. The van der Waals surface area contributed by atoms with Crippen molar-refractivity contribution in [3.63, 3.8) is 0 Å². The van der Waals surface area contributed by atoms with Crippen LogP contribution in [0.2, 0.25) is 0 Å². The Bertz CT molecular complexity index is 623. The summed E-state index contributed by atoms with van der Waals surface area (Å²) < 4.78 is 6.08. The minimum absolute atomic E-state index is 0.108. The summed E-state index contributed by atoms with van der Waals surface area (Å²) in [5, 5.41) is 4.88. The van der Waals surface area contributed by atoms with E-state index in [0.29, 0.717) is 0 Å². The molecule has 120 valence electrons. The first-order valence-electron chi connectivity index (χ1n) is 8.55. The van der Waals surface area contributed by atoms with E-state index in [1.54, 1.807) is 0 Å². The van der Waals surface area contributed by atoms with Crippen LogP contribution in [0.4, 0.5) is 0 Å². The van der Waals surface area contributed by atoms with Gasteiger partial charge in [-0.2, -0.15) is 0 Å². The van der Waals surface area contributed by atoms with E-state index in [4.69, 9.17) is 4.42 Å². The van der Waals surface area contributed by atoms with Gasteiger partial charge < -0.3 is 14.6 Å². The summed E-state index contributed by atoms with van der Waals surface area (Å²) in [7, 11) is 0.